The molecule has 0 bridgehead atoms. The van der Waals surface area contributed by atoms with Crippen LogP contribution in [0.15, 0.2) is 36.4 Å². The molecule has 6 heteroatoms. The van der Waals surface area contributed by atoms with Gasteiger partial charge in [0, 0.05) is 18.7 Å². The van der Waals surface area contributed by atoms with Gasteiger partial charge in [-0.2, -0.15) is 0 Å². The third-order valence-electron chi connectivity index (χ3n) is 4.07. The van der Waals surface area contributed by atoms with E-state index in [1.165, 1.54) is 11.1 Å². The Bertz CT molecular complexity index is 861. The minimum Gasteiger partial charge on any atom is -0.457 e. The molecule has 2 rings (SSSR count). The first-order valence-corrected chi connectivity index (χ1v) is 10.6. The first-order chi connectivity index (χ1) is 12.2. The van der Waals surface area contributed by atoms with E-state index >= 15 is 0 Å². The van der Waals surface area contributed by atoms with E-state index in [9.17, 15) is 8.42 Å². The van der Waals surface area contributed by atoms with Crippen molar-refractivity contribution in [1.29, 1.82) is 0 Å². The van der Waals surface area contributed by atoms with Crippen LogP contribution >= 0.6 is 0 Å². The molecule has 0 aliphatic rings. The molecule has 0 fully saturated rings. The number of ether oxygens (including phenoxy) is 1. The van der Waals surface area contributed by atoms with Crippen LogP contribution in [0.2, 0.25) is 0 Å². The first-order valence-electron chi connectivity index (χ1n) is 8.66. The molecule has 1 N–H and O–H groups in total. The van der Waals surface area contributed by atoms with Crippen LogP contribution in [0.1, 0.15) is 29.2 Å². The second-order valence-corrected chi connectivity index (χ2v) is 8.65. The lowest BCUT2D eigenvalue weighted by molar-refractivity contribution is 0.388. The van der Waals surface area contributed by atoms with Gasteiger partial charge >= 0.3 is 0 Å². The average Bonchev–Trinajstić information content (AvgIpc) is 2.54. The molecule has 0 amide bonds. The Kier molecular flexibility index (Phi) is 6.81. The summed E-state index contributed by atoms with van der Waals surface area (Å²) >= 11 is 0. The lowest BCUT2D eigenvalue weighted by Gasteiger charge is -2.17. The Morgan fingerprint density at radius 3 is 2.38 bits per heavy atom. The standard InChI is InChI=1S/C20H28N2O3S/c1-6-17-8-9-19(11-15(17)2)25-20-10-7-16(13-21-26(5,23)24)12-18(20)14-22(3)4/h7-12,21H,6,13-14H2,1-5H3. The van der Waals surface area contributed by atoms with E-state index in [0.717, 1.165) is 35.3 Å². The fourth-order valence-corrected chi connectivity index (χ4v) is 3.21. The fourth-order valence-electron chi connectivity index (χ4n) is 2.78. The second-order valence-electron chi connectivity index (χ2n) is 6.82. The van der Waals surface area contributed by atoms with E-state index in [4.69, 9.17) is 4.74 Å². The smallest absolute Gasteiger partial charge is 0.209 e. The molecule has 142 valence electrons. The molecule has 2 aromatic rings. The summed E-state index contributed by atoms with van der Waals surface area (Å²) in [5.41, 5.74) is 4.44. The zero-order valence-corrected chi connectivity index (χ0v) is 17.0. The van der Waals surface area contributed by atoms with Gasteiger partial charge in [0.1, 0.15) is 11.5 Å². The summed E-state index contributed by atoms with van der Waals surface area (Å²) in [7, 11) is 0.763. The van der Waals surface area contributed by atoms with Gasteiger partial charge in [-0.1, -0.05) is 19.1 Å². The van der Waals surface area contributed by atoms with Crippen LogP contribution in [0.3, 0.4) is 0 Å². The number of hydrogen-bond acceptors (Lipinski definition) is 4. The number of nitrogens with zero attached hydrogens (tertiary/aromatic N) is 1. The van der Waals surface area contributed by atoms with Crippen molar-refractivity contribution in [3.63, 3.8) is 0 Å². The molecule has 0 aromatic heterocycles. The SMILES string of the molecule is CCc1ccc(Oc2ccc(CNS(C)(=O)=O)cc2CN(C)C)cc1C. The summed E-state index contributed by atoms with van der Waals surface area (Å²) in [4.78, 5) is 2.06. The number of rotatable bonds is 8. The van der Waals surface area contributed by atoms with Crippen LogP contribution in [0.25, 0.3) is 0 Å². The maximum atomic E-state index is 11.3. The van der Waals surface area contributed by atoms with E-state index in [1.807, 2.05) is 38.4 Å². The third kappa shape index (κ3) is 6.12. The highest BCUT2D eigenvalue weighted by Crippen LogP contribution is 2.28. The van der Waals surface area contributed by atoms with Gasteiger partial charge in [-0.15, -0.1) is 0 Å². The van der Waals surface area contributed by atoms with E-state index in [2.05, 4.69) is 35.6 Å². The average molecular weight is 377 g/mol. The summed E-state index contributed by atoms with van der Waals surface area (Å²) in [6.07, 6.45) is 2.16. The summed E-state index contributed by atoms with van der Waals surface area (Å²) in [5, 5.41) is 0. The molecule has 2 aromatic carbocycles. The van der Waals surface area contributed by atoms with Crippen molar-refractivity contribution in [2.45, 2.75) is 33.4 Å². The van der Waals surface area contributed by atoms with E-state index in [-0.39, 0.29) is 6.54 Å². The number of benzene rings is 2. The van der Waals surface area contributed by atoms with Crippen LogP contribution in [0.4, 0.5) is 0 Å². The number of nitrogens with one attached hydrogen (secondary N) is 1. The Morgan fingerprint density at radius 2 is 1.81 bits per heavy atom. The van der Waals surface area contributed by atoms with Crippen molar-refractivity contribution >= 4 is 10.0 Å². The van der Waals surface area contributed by atoms with Gasteiger partial charge < -0.3 is 9.64 Å². The molecule has 5 nitrogen and oxygen atoms in total. The van der Waals surface area contributed by atoms with Crippen molar-refractivity contribution in [2.24, 2.45) is 0 Å². The van der Waals surface area contributed by atoms with Crippen LogP contribution in [0.5, 0.6) is 11.5 Å². The highest BCUT2D eigenvalue weighted by atomic mass is 32.2. The highest BCUT2D eigenvalue weighted by molar-refractivity contribution is 7.88. The highest BCUT2D eigenvalue weighted by Gasteiger charge is 2.10. The monoisotopic (exact) mass is 376 g/mol. The molecular formula is C20H28N2O3S. The minimum absolute atomic E-state index is 0.268. The van der Waals surface area contributed by atoms with Gasteiger partial charge in [0.2, 0.25) is 10.0 Å². The van der Waals surface area contributed by atoms with Crippen molar-refractivity contribution in [3.05, 3.63) is 58.7 Å². The summed E-state index contributed by atoms with van der Waals surface area (Å²) in [6.45, 7) is 5.20. The molecule has 0 atom stereocenters. The van der Waals surface area contributed by atoms with Crippen LogP contribution in [-0.4, -0.2) is 33.7 Å². The van der Waals surface area contributed by atoms with Crippen molar-refractivity contribution in [2.75, 3.05) is 20.4 Å². The molecule has 0 radical (unpaired) electrons. The van der Waals surface area contributed by atoms with Crippen molar-refractivity contribution in [3.8, 4) is 11.5 Å². The van der Waals surface area contributed by atoms with Gasteiger partial charge in [0.05, 0.1) is 6.26 Å². The topological polar surface area (TPSA) is 58.6 Å². The molecular weight excluding hydrogens is 348 g/mol. The van der Waals surface area contributed by atoms with Crippen molar-refractivity contribution < 1.29 is 13.2 Å². The van der Waals surface area contributed by atoms with Crippen molar-refractivity contribution in [1.82, 2.24) is 9.62 Å². The normalized spacial score (nSPS) is 11.8. The third-order valence-corrected chi connectivity index (χ3v) is 4.74. The maximum Gasteiger partial charge on any atom is 0.209 e. The summed E-state index contributed by atoms with van der Waals surface area (Å²) in [6, 6.07) is 11.9. The van der Waals surface area contributed by atoms with Crippen LogP contribution in [-0.2, 0) is 29.5 Å². The zero-order valence-electron chi connectivity index (χ0n) is 16.2. The molecule has 0 saturated carbocycles. The fraction of sp³-hybridized carbons (Fsp3) is 0.400. The minimum atomic E-state index is -3.22. The Morgan fingerprint density at radius 1 is 1.08 bits per heavy atom. The lowest BCUT2D eigenvalue weighted by atomic mass is 10.1. The molecule has 0 heterocycles. The predicted octanol–water partition coefficient (Wildman–Crippen LogP) is 3.46. The van der Waals surface area contributed by atoms with Crippen LogP contribution < -0.4 is 9.46 Å². The van der Waals surface area contributed by atoms with E-state index in [1.54, 1.807) is 0 Å². The second kappa shape index (κ2) is 8.66. The molecule has 0 unspecified atom stereocenters. The largest absolute Gasteiger partial charge is 0.457 e. The van der Waals surface area contributed by atoms with Gasteiger partial charge in [0.15, 0.2) is 0 Å². The Balaban J connectivity index is 2.27. The lowest BCUT2D eigenvalue weighted by Crippen LogP contribution is -2.21. The van der Waals surface area contributed by atoms with E-state index < -0.39 is 10.0 Å². The predicted molar refractivity (Wildman–Crippen MR) is 106 cm³/mol. The van der Waals surface area contributed by atoms with Gasteiger partial charge in [-0.3, -0.25) is 0 Å². The number of hydrogen-bond donors (Lipinski definition) is 1. The molecule has 0 aliphatic heterocycles. The summed E-state index contributed by atoms with van der Waals surface area (Å²) < 4.78 is 31.3. The number of sulfonamides is 1. The Hall–Kier alpha value is -1.89. The Labute approximate surface area is 157 Å². The van der Waals surface area contributed by atoms with Gasteiger partial charge in [-0.25, -0.2) is 13.1 Å². The molecule has 0 spiro atoms. The molecule has 26 heavy (non-hydrogen) atoms. The molecule has 0 aliphatic carbocycles. The van der Waals surface area contributed by atoms with E-state index in [0.29, 0.717) is 6.54 Å². The van der Waals surface area contributed by atoms with Gasteiger partial charge in [-0.05, 0) is 68.4 Å². The maximum absolute atomic E-state index is 11.3. The first kappa shape index (κ1) is 20.4. The molecule has 0 saturated heterocycles. The summed E-state index contributed by atoms with van der Waals surface area (Å²) in [5.74, 6) is 1.59. The van der Waals surface area contributed by atoms with Crippen LogP contribution in [0, 0.1) is 6.92 Å². The number of aryl methyl sites for hydroxylation is 2. The van der Waals surface area contributed by atoms with Gasteiger partial charge in [0.25, 0.3) is 0 Å². The quantitative estimate of drug-likeness (QED) is 0.766. The zero-order chi connectivity index (χ0) is 19.3.